The van der Waals surface area contributed by atoms with Crippen LogP contribution in [0.15, 0.2) is 51.8 Å². The van der Waals surface area contributed by atoms with Crippen molar-refractivity contribution < 1.29 is 8.42 Å². The number of fused-ring (bicyclic) bond motifs is 1. The molecule has 4 rings (SSSR count). The molecule has 2 aromatic rings. The van der Waals surface area contributed by atoms with Crippen LogP contribution in [0.3, 0.4) is 0 Å². The number of nitrogens with zero attached hydrogens (tertiary/aromatic N) is 2. The van der Waals surface area contributed by atoms with E-state index in [1.807, 2.05) is 25.1 Å². The maximum atomic E-state index is 12.4. The molecule has 0 spiro atoms. The first-order valence-corrected chi connectivity index (χ1v) is 9.56. The monoisotopic (exact) mass is 341 g/mol. The molecule has 0 amide bonds. The summed E-state index contributed by atoms with van der Waals surface area (Å²) in [5.74, 6) is 0.388. The molecular weight excluding hydrogens is 322 g/mol. The van der Waals surface area contributed by atoms with Gasteiger partial charge in [0, 0.05) is 24.3 Å². The first-order valence-electron chi connectivity index (χ1n) is 8.12. The van der Waals surface area contributed by atoms with Crippen LogP contribution < -0.4 is 10.2 Å². The van der Waals surface area contributed by atoms with Gasteiger partial charge in [0.25, 0.3) is 10.0 Å². The maximum absolute atomic E-state index is 12.4. The van der Waals surface area contributed by atoms with Crippen LogP contribution >= 0.6 is 0 Å². The van der Waals surface area contributed by atoms with Gasteiger partial charge in [-0.25, -0.2) is 0 Å². The second-order valence-electron chi connectivity index (χ2n) is 6.23. The number of anilines is 2. The lowest BCUT2D eigenvalue weighted by Gasteiger charge is -2.22. The van der Waals surface area contributed by atoms with E-state index in [4.69, 9.17) is 0 Å². The molecule has 0 saturated carbocycles. The molecule has 2 aromatic carbocycles. The lowest BCUT2D eigenvalue weighted by Crippen LogP contribution is -2.23. The minimum Gasteiger partial charge on any atom is -0.372 e. The molecular formula is C18H19N3O2S. The predicted molar refractivity (Wildman–Crippen MR) is 96.4 cm³/mol. The Kier molecular flexibility index (Phi) is 3.57. The zero-order valence-electron chi connectivity index (χ0n) is 13.5. The fourth-order valence-electron chi connectivity index (χ4n) is 3.32. The van der Waals surface area contributed by atoms with E-state index in [0.717, 1.165) is 24.2 Å². The van der Waals surface area contributed by atoms with Crippen LogP contribution in [0.5, 0.6) is 0 Å². The number of amidine groups is 1. The summed E-state index contributed by atoms with van der Waals surface area (Å²) in [6.45, 7) is 4.16. The number of sulfonamides is 1. The van der Waals surface area contributed by atoms with Gasteiger partial charge < -0.3 is 10.2 Å². The Morgan fingerprint density at radius 2 is 1.83 bits per heavy atom. The van der Waals surface area contributed by atoms with E-state index in [0.29, 0.717) is 11.5 Å². The first kappa shape index (κ1) is 15.2. The molecule has 6 heteroatoms. The molecule has 0 aromatic heterocycles. The van der Waals surface area contributed by atoms with Crippen LogP contribution in [-0.2, 0) is 10.0 Å². The summed E-state index contributed by atoms with van der Waals surface area (Å²) in [5, 5.41) is 3.16. The third kappa shape index (κ3) is 2.57. The van der Waals surface area contributed by atoms with Crippen LogP contribution in [0.25, 0.3) is 0 Å². The molecule has 0 atom stereocenters. The Hall–Kier alpha value is -2.34. The Balaban J connectivity index is 1.73. The molecule has 1 fully saturated rings. The fraction of sp³-hybridized carbons (Fsp3) is 0.278. The molecule has 0 radical (unpaired) electrons. The fourth-order valence-corrected chi connectivity index (χ4v) is 4.45. The Morgan fingerprint density at radius 3 is 2.58 bits per heavy atom. The van der Waals surface area contributed by atoms with Gasteiger partial charge in [0.15, 0.2) is 5.84 Å². The normalized spacial score (nSPS) is 18.7. The predicted octanol–water partition coefficient (Wildman–Crippen LogP) is 3.16. The van der Waals surface area contributed by atoms with Crippen LogP contribution in [0.4, 0.5) is 11.4 Å². The minimum absolute atomic E-state index is 0.222. The molecule has 2 heterocycles. The number of nitrogens with one attached hydrogen (secondary N) is 1. The SMILES string of the molecule is Cc1cc(N2CCCC2)ccc1C1=NS(=O)(=O)c2ccccc2N1. The minimum atomic E-state index is -3.67. The molecule has 124 valence electrons. The molecule has 5 nitrogen and oxygen atoms in total. The maximum Gasteiger partial charge on any atom is 0.286 e. The average Bonchev–Trinajstić information content (AvgIpc) is 3.08. The molecule has 1 N–H and O–H groups in total. The van der Waals surface area contributed by atoms with Gasteiger partial charge in [-0.3, -0.25) is 0 Å². The third-order valence-electron chi connectivity index (χ3n) is 4.57. The molecule has 0 aliphatic carbocycles. The van der Waals surface area contributed by atoms with Crippen LogP contribution in [0, 0.1) is 6.92 Å². The van der Waals surface area contributed by atoms with E-state index in [9.17, 15) is 8.42 Å². The summed E-state index contributed by atoms with van der Waals surface area (Å²) >= 11 is 0. The van der Waals surface area contributed by atoms with Crippen molar-refractivity contribution in [3.63, 3.8) is 0 Å². The average molecular weight is 341 g/mol. The van der Waals surface area contributed by atoms with Gasteiger partial charge in [0.05, 0.1) is 5.69 Å². The van der Waals surface area contributed by atoms with Crippen molar-refractivity contribution in [1.29, 1.82) is 0 Å². The van der Waals surface area contributed by atoms with E-state index in [-0.39, 0.29) is 4.90 Å². The van der Waals surface area contributed by atoms with E-state index < -0.39 is 10.0 Å². The lowest BCUT2D eigenvalue weighted by molar-refractivity contribution is 0.598. The highest BCUT2D eigenvalue weighted by atomic mass is 32.2. The Bertz CT molecular complexity index is 929. The lowest BCUT2D eigenvalue weighted by atomic mass is 10.1. The Labute approximate surface area is 142 Å². The highest BCUT2D eigenvalue weighted by Gasteiger charge is 2.25. The summed E-state index contributed by atoms with van der Waals surface area (Å²) in [6.07, 6.45) is 2.45. The van der Waals surface area contributed by atoms with Gasteiger partial charge in [0.2, 0.25) is 0 Å². The molecule has 2 aliphatic heterocycles. The number of hydrogen-bond acceptors (Lipinski definition) is 4. The number of para-hydroxylation sites is 1. The van der Waals surface area contributed by atoms with Gasteiger partial charge in [0.1, 0.15) is 4.90 Å². The molecule has 0 bridgehead atoms. The molecule has 1 saturated heterocycles. The van der Waals surface area contributed by atoms with Crippen LogP contribution in [-0.4, -0.2) is 27.3 Å². The number of benzene rings is 2. The van der Waals surface area contributed by atoms with Crippen molar-refractivity contribution in [3.8, 4) is 0 Å². The summed E-state index contributed by atoms with van der Waals surface area (Å²) in [7, 11) is -3.67. The molecule has 0 unspecified atom stereocenters. The molecule has 24 heavy (non-hydrogen) atoms. The van der Waals surface area contributed by atoms with Crippen molar-refractivity contribution in [2.45, 2.75) is 24.7 Å². The van der Waals surface area contributed by atoms with E-state index in [1.54, 1.807) is 18.2 Å². The largest absolute Gasteiger partial charge is 0.372 e. The van der Waals surface area contributed by atoms with Crippen molar-refractivity contribution in [2.24, 2.45) is 4.40 Å². The summed E-state index contributed by atoms with van der Waals surface area (Å²) in [5.41, 5.74) is 3.59. The topological polar surface area (TPSA) is 61.8 Å². The van der Waals surface area contributed by atoms with Crippen molar-refractivity contribution in [2.75, 3.05) is 23.3 Å². The zero-order chi connectivity index (χ0) is 16.7. The third-order valence-corrected chi connectivity index (χ3v) is 5.90. The quantitative estimate of drug-likeness (QED) is 0.911. The second-order valence-corrected chi connectivity index (χ2v) is 7.80. The van der Waals surface area contributed by atoms with Gasteiger partial charge in [-0.2, -0.15) is 8.42 Å². The smallest absolute Gasteiger partial charge is 0.286 e. The standard InChI is InChI=1S/C18H19N3O2S/c1-13-12-14(21-10-4-5-11-21)8-9-15(13)18-19-16-6-2-3-7-17(16)24(22,23)20-18/h2-3,6-9,12H,4-5,10-11H2,1H3,(H,19,20). The van der Waals surface area contributed by atoms with Crippen molar-refractivity contribution >= 4 is 27.2 Å². The zero-order valence-corrected chi connectivity index (χ0v) is 14.3. The van der Waals surface area contributed by atoms with Crippen molar-refractivity contribution in [3.05, 3.63) is 53.6 Å². The van der Waals surface area contributed by atoms with E-state index in [1.165, 1.54) is 18.5 Å². The Morgan fingerprint density at radius 1 is 1.08 bits per heavy atom. The number of rotatable bonds is 2. The van der Waals surface area contributed by atoms with Gasteiger partial charge >= 0.3 is 0 Å². The summed E-state index contributed by atoms with van der Waals surface area (Å²) < 4.78 is 28.8. The van der Waals surface area contributed by atoms with Crippen molar-refractivity contribution in [1.82, 2.24) is 0 Å². The van der Waals surface area contributed by atoms with E-state index in [2.05, 4.69) is 20.7 Å². The first-order chi connectivity index (χ1) is 11.5. The molecule has 2 aliphatic rings. The van der Waals surface area contributed by atoms with Crippen LogP contribution in [0.2, 0.25) is 0 Å². The highest BCUT2D eigenvalue weighted by molar-refractivity contribution is 7.90. The number of hydrogen-bond donors (Lipinski definition) is 1. The van der Waals surface area contributed by atoms with Gasteiger partial charge in [-0.1, -0.05) is 12.1 Å². The number of aryl methyl sites for hydroxylation is 1. The highest BCUT2D eigenvalue weighted by Crippen LogP contribution is 2.30. The summed E-state index contributed by atoms with van der Waals surface area (Å²) in [6, 6.07) is 13.0. The van der Waals surface area contributed by atoms with E-state index >= 15 is 0 Å². The van der Waals surface area contributed by atoms with Gasteiger partial charge in [-0.05, 0) is 55.7 Å². The van der Waals surface area contributed by atoms with Crippen LogP contribution in [0.1, 0.15) is 24.0 Å². The second kappa shape index (κ2) is 5.63. The van der Waals surface area contributed by atoms with Gasteiger partial charge in [-0.15, -0.1) is 4.40 Å². The summed E-state index contributed by atoms with van der Waals surface area (Å²) in [4.78, 5) is 2.58.